The quantitative estimate of drug-likeness (QED) is 0.620. The SMILES string of the molecule is C[SiH](C)Oc1ccccc1N=CCc1ncccn1. The molecule has 0 atom stereocenters. The predicted molar refractivity (Wildman–Crippen MR) is 79.8 cm³/mol. The van der Waals surface area contributed by atoms with Crippen molar-refractivity contribution in [1.29, 1.82) is 0 Å². The van der Waals surface area contributed by atoms with Crippen LogP contribution in [0.2, 0.25) is 13.1 Å². The number of rotatable bonds is 5. The highest BCUT2D eigenvalue weighted by atomic mass is 28.3. The Morgan fingerprint density at radius 3 is 2.63 bits per heavy atom. The second-order valence-corrected chi connectivity index (χ2v) is 6.65. The van der Waals surface area contributed by atoms with Crippen LogP contribution >= 0.6 is 0 Å². The van der Waals surface area contributed by atoms with Gasteiger partial charge >= 0.3 is 0 Å². The zero-order valence-corrected chi connectivity index (χ0v) is 12.3. The molecule has 0 aliphatic rings. The van der Waals surface area contributed by atoms with Crippen LogP contribution in [0.4, 0.5) is 5.69 Å². The number of benzene rings is 1. The van der Waals surface area contributed by atoms with Crippen molar-refractivity contribution >= 4 is 20.9 Å². The molecule has 1 heterocycles. The smallest absolute Gasteiger partial charge is 0.229 e. The van der Waals surface area contributed by atoms with E-state index in [4.69, 9.17) is 4.43 Å². The summed E-state index contributed by atoms with van der Waals surface area (Å²) in [6.45, 7) is 4.27. The van der Waals surface area contributed by atoms with E-state index >= 15 is 0 Å². The van der Waals surface area contributed by atoms with E-state index in [9.17, 15) is 0 Å². The van der Waals surface area contributed by atoms with Crippen molar-refractivity contribution in [2.75, 3.05) is 0 Å². The van der Waals surface area contributed by atoms with Crippen molar-refractivity contribution in [3.63, 3.8) is 0 Å². The maximum Gasteiger partial charge on any atom is 0.229 e. The number of para-hydroxylation sites is 2. The van der Waals surface area contributed by atoms with Gasteiger partial charge in [0.15, 0.2) is 0 Å². The van der Waals surface area contributed by atoms with E-state index in [1.54, 1.807) is 18.5 Å². The zero-order valence-electron chi connectivity index (χ0n) is 11.2. The van der Waals surface area contributed by atoms with Crippen LogP contribution in [0.1, 0.15) is 5.82 Å². The van der Waals surface area contributed by atoms with Crippen molar-refractivity contribution in [2.45, 2.75) is 19.5 Å². The number of hydrogen-bond donors (Lipinski definition) is 0. The fourth-order valence-electron chi connectivity index (χ4n) is 1.58. The Bertz CT molecular complexity index is 543. The molecule has 0 saturated carbocycles. The Kier molecular flexibility index (Phi) is 4.80. The van der Waals surface area contributed by atoms with Gasteiger partial charge in [-0.15, -0.1) is 0 Å². The second-order valence-electron chi connectivity index (χ2n) is 4.32. The first-order valence-electron chi connectivity index (χ1n) is 6.30. The molecular formula is C14H17N3OSi. The Morgan fingerprint density at radius 1 is 1.16 bits per heavy atom. The van der Waals surface area contributed by atoms with Gasteiger partial charge in [0.1, 0.15) is 17.3 Å². The molecule has 1 aromatic heterocycles. The highest BCUT2D eigenvalue weighted by molar-refractivity contribution is 6.49. The van der Waals surface area contributed by atoms with Crippen LogP contribution in [0.25, 0.3) is 0 Å². The monoisotopic (exact) mass is 271 g/mol. The summed E-state index contributed by atoms with van der Waals surface area (Å²) >= 11 is 0. The van der Waals surface area contributed by atoms with E-state index in [1.165, 1.54) is 0 Å². The average molecular weight is 271 g/mol. The molecule has 98 valence electrons. The largest absolute Gasteiger partial charge is 0.546 e. The first-order chi connectivity index (χ1) is 9.25. The van der Waals surface area contributed by atoms with Crippen LogP contribution in [0.3, 0.4) is 0 Å². The molecule has 0 aliphatic carbocycles. The summed E-state index contributed by atoms with van der Waals surface area (Å²) in [4.78, 5) is 12.8. The molecule has 2 rings (SSSR count). The van der Waals surface area contributed by atoms with Gasteiger partial charge in [-0.1, -0.05) is 12.1 Å². The van der Waals surface area contributed by atoms with Crippen molar-refractivity contribution in [2.24, 2.45) is 4.99 Å². The van der Waals surface area contributed by atoms with Gasteiger partial charge in [-0.05, 0) is 31.3 Å². The Labute approximate surface area is 114 Å². The normalized spacial score (nSPS) is 11.1. The van der Waals surface area contributed by atoms with Crippen LogP contribution in [0.5, 0.6) is 5.75 Å². The van der Waals surface area contributed by atoms with Gasteiger partial charge in [0, 0.05) is 25.0 Å². The van der Waals surface area contributed by atoms with Crippen LogP contribution in [-0.4, -0.2) is 25.2 Å². The third-order valence-electron chi connectivity index (χ3n) is 2.35. The number of aliphatic imine (C=N–C) groups is 1. The predicted octanol–water partition coefficient (Wildman–Crippen LogP) is 2.78. The molecule has 0 saturated heterocycles. The number of hydrogen-bond acceptors (Lipinski definition) is 4. The molecule has 2 aromatic rings. The summed E-state index contributed by atoms with van der Waals surface area (Å²) in [5.74, 6) is 1.62. The molecule has 0 fully saturated rings. The van der Waals surface area contributed by atoms with E-state index in [1.807, 2.05) is 30.5 Å². The van der Waals surface area contributed by atoms with Crippen LogP contribution in [-0.2, 0) is 6.42 Å². The minimum Gasteiger partial charge on any atom is -0.546 e. The molecule has 0 unspecified atom stereocenters. The first kappa shape index (κ1) is 13.4. The molecule has 4 nitrogen and oxygen atoms in total. The van der Waals surface area contributed by atoms with Gasteiger partial charge in [0.05, 0.1) is 0 Å². The molecular weight excluding hydrogens is 254 g/mol. The number of nitrogens with zero attached hydrogens (tertiary/aromatic N) is 3. The van der Waals surface area contributed by atoms with Gasteiger partial charge in [-0.25, -0.2) is 9.97 Å². The minimum absolute atomic E-state index is 0.619. The lowest BCUT2D eigenvalue weighted by Crippen LogP contribution is -2.11. The van der Waals surface area contributed by atoms with Crippen molar-refractivity contribution in [3.05, 3.63) is 48.5 Å². The van der Waals surface area contributed by atoms with Crippen molar-refractivity contribution in [3.8, 4) is 5.75 Å². The fraction of sp³-hybridized carbons (Fsp3) is 0.214. The van der Waals surface area contributed by atoms with Crippen LogP contribution < -0.4 is 4.43 Å². The molecule has 0 radical (unpaired) electrons. The first-order valence-corrected chi connectivity index (χ1v) is 9.08. The lowest BCUT2D eigenvalue weighted by atomic mass is 10.3. The van der Waals surface area contributed by atoms with Crippen LogP contribution in [0, 0.1) is 0 Å². The van der Waals surface area contributed by atoms with E-state index in [0.29, 0.717) is 6.42 Å². The average Bonchev–Trinajstić information content (AvgIpc) is 2.41. The highest BCUT2D eigenvalue weighted by Crippen LogP contribution is 2.26. The maximum atomic E-state index is 5.84. The highest BCUT2D eigenvalue weighted by Gasteiger charge is 2.03. The zero-order chi connectivity index (χ0) is 13.5. The molecule has 0 spiro atoms. The van der Waals surface area contributed by atoms with Gasteiger partial charge in [0.25, 0.3) is 0 Å². The van der Waals surface area contributed by atoms with Crippen molar-refractivity contribution < 1.29 is 4.43 Å². The topological polar surface area (TPSA) is 47.4 Å². The minimum atomic E-state index is -1.12. The van der Waals surface area contributed by atoms with Gasteiger partial charge < -0.3 is 4.43 Å². The standard InChI is InChI=1S/C14H17N3OSi/c1-19(2)18-13-7-4-3-6-12(13)15-11-8-14-16-9-5-10-17-14/h3-7,9-11,19H,8H2,1-2H3. The summed E-state index contributed by atoms with van der Waals surface area (Å²) in [5, 5.41) is 0. The summed E-state index contributed by atoms with van der Waals surface area (Å²) in [7, 11) is -1.12. The van der Waals surface area contributed by atoms with E-state index in [0.717, 1.165) is 17.3 Å². The van der Waals surface area contributed by atoms with Gasteiger partial charge in [0.2, 0.25) is 9.04 Å². The summed E-state index contributed by atoms with van der Waals surface area (Å²) < 4.78 is 5.84. The molecule has 0 amide bonds. The van der Waals surface area contributed by atoms with Crippen LogP contribution in [0.15, 0.2) is 47.7 Å². The summed E-state index contributed by atoms with van der Waals surface area (Å²) in [5.41, 5.74) is 0.861. The summed E-state index contributed by atoms with van der Waals surface area (Å²) in [6, 6.07) is 9.63. The fourth-order valence-corrected chi connectivity index (χ4v) is 2.29. The van der Waals surface area contributed by atoms with Crippen molar-refractivity contribution in [1.82, 2.24) is 9.97 Å². The Morgan fingerprint density at radius 2 is 1.89 bits per heavy atom. The molecule has 1 aromatic carbocycles. The Balaban J connectivity index is 2.06. The van der Waals surface area contributed by atoms with Gasteiger partial charge in [-0.3, -0.25) is 4.99 Å². The molecule has 0 aliphatic heterocycles. The van der Waals surface area contributed by atoms with E-state index in [2.05, 4.69) is 28.1 Å². The third kappa shape index (κ3) is 4.29. The summed E-state index contributed by atoms with van der Waals surface area (Å²) in [6.07, 6.45) is 5.91. The Hall–Kier alpha value is -2.01. The lowest BCUT2D eigenvalue weighted by Gasteiger charge is -2.11. The van der Waals surface area contributed by atoms with E-state index in [-0.39, 0.29) is 0 Å². The molecule has 5 heteroatoms. The molecule has 0 bridgehead atoms. The second kappa shape index (κ2) is 6.80. The maximum absolute atomic E-state index is 5.84. The van der Waals surface area contributed by atoms with Gasteiger partial charge in [-0.2, -0.15) is 0 Å². The lowest BCUT2D eigenvalue weighted by molar-refractivity contribution is 0.582. The molecule has 0 N–H and O–H groups in total. The number of aromatic nitrogens is 2. The van der Waals surface area contributed by atoms with E-state index < -0.39 is 9.04 Å². The third-order valence-corrected chi connectivity index (χ3v) is 3.08. The molecule has 19 heavy (non-hydrogen) atoms.